The van der Waals surface area contributed by atoms with Gasteiger partial charge in [-0.3, -0.25) is 9.59 Å². The summed E-state index contributed by atoms with van der Waals surface area (Å²) in [5.74, 6) is -0.898. The van der Waals surface area contributed by atoms with Crippen LogP contribution in [-0.2, 0) is 20.9 Å². The van der Waals surface area contributed by atoms with Gasteiger partial charge in [0.15, 0.2) is 12.4 Å². The monoisotopic (exact) mass is 477 g/mol. The molecule has 34 heavy (non-hydrogen) atoms. The molecule has 0 saturated carbocycles. The van der Waals surface area contributed by atoms with Gasteiger partial charge in [-0.05, 0) is 49.2 Å². The summed E-state index contributed by atoms with van der Waals surface area (Å²) in [7, 11) is 0. The molecule has 0 bridgehead atoms. The summed E-state index contributed by atoms with van der Waals surface area (Å²) in [6, 6.07) is 16.5. The summed E-state index contributed by atoms with van der Waals surface area (Å²) in [6.45, 7) is 2.62. The van der Waals surface area contributed by atoms with E-state index in [9.17, 15) is 14.4 Å². The predicted molar refractivity (Wildman–Crippen MR) is 130 cm³/mol. The van der Waals surface area contributed by atoms with Crippen LogP contribution in [0.15, 0.2) is 60.7 Å². The molecule has 0 unspecified atom stereocenters. The van der Waals surface area contributed by atoms with Gasteiger partial charge in [-0.2, -0.15) is 5.10 Å². The van der Waals surface area contributed by atoms with Crippen molar-refractivity contribution in [1.29, 1.82) is 0 Å². The zero-order valence-corrected chi connectivity index (χ0v) is 19.5. The summed E-state index contributed by atoms with van der Waals surface area (Å²) in [4.78, 5) is 38.1. The Morgan fingerprint density at radius 2 is 1.85 bits per heavy atom. The topological polar surface area (TPSA) is 81.5 Å². The molecule has 2 aromatic carbocycles. The first-order valence-electron chi connectivity index (χ1n) is 11.0. The smallest absolute Gasteiger partial charge is 0.331 e. The van der Waals surface area contributed by atoms with Crippen molar-refractivity contribution in [3.8, 4) is 0 Å². The van der Waals surface area contributed by atoms with Gasteiger partial charge in [-0.25, -0.2) is 9.48 Å². The Kier molecular flexibility index (Phi) is 7.23. The molecule has 8 heteroatoms. The summed E-state index contributed by atoms with van der Waals surface area (Å²) in [6.07, 6.45) is 4.16. The van der Waals surface area contributed by atoms with Gasteiger partial charge in [-0.1, -0.05) is 41.9 Å². The van der Waals surface area contributed by atoms with Crippen molar-refractivity contribution in [3.05, 3.63) is 88.2 Å². The normalized spacial score (nSPS) is 13.6. The van der Waals surface area contributed by atoms with Crippen LogP contribution < -0.4 is 4.90 Å². The molecule has 2 heterocycles. The van der Waals surface area contributed by atoms with Gasteiger partial charge in [0.1, 0.15) is 5.15 Å². The van der Waals surface area contributed by atoms with Gasteiger partial charge in [0.25, 0.3) is 0 Å². The van der Waals surface area contributed by atoms with Crippen LogP contribution in [0.4, 0.5) is 5.69 Å². The van der Waals surface area contributed by atoms with E-state index in [0.29, 0.717) is 41.5 Å². The van der Waals surface area contributed by atoms with Crippen LogP contribution in [0.3, 0.4) is 0 Å². The molecular weight excluding hydrogens is 454 g/mol. The molecule has 4 rings (SSSR count). The molecule has 1 aliphatic rings. The molecule has 1 amide bonds. The van der Waals surface area contributed by atoms with Crippen LogP contribution in [0.2, 0.25) is 5.15 Å². The Balaban J connectivity index is 1.33. The quantitative estimate of drug-likeness (QED) is 0.272. The number of carbonyl (C=O) groups is 3. The number of benzene rings is 2. The average Bonchev–Trinajstić information content (AvgIpc) is 3.39. The van der Waals surface area contributed by atoms with E-state index in [1.165, 1.54) is 6.08 Å². The lowest BCUT2D eigenvalue weighted by Crippen LogP contribution is -2.23. The number of aromatic nitrogens is 2. The van der Waals surface area contributed by atoms with Crippen molar-refractivity contribution in [3.63, 3.8) is 0 Å². The van der Waals surface area contributed by atoms with E-state index in [1.54, 1.807) is 46.8 Å². The molecule has 0 radical (unpaired) electrons. The third-order valence-corrected chi connectivity index (χ3v) is 5.99. The van der Waals surface area contributed by atoms with Crippen LogP contribution in [0.25, 0.3) is 6.08 Å². The second-order valence-electron chi connectivity index (χ2n) is 7.99. The maximum atomic E-state index is 12.4. The summed E-state index contributed by atoms with van der Waals surface area (Å²) >= 11 is 6.46. The summed E-state index contributed by atoms with van der Waals surface area (Å²) in [5, 5.41) is 4.86. The Hall–Kier alpha value is -3.71. The lowest BCUT2D eigenvalue weighted by Gasteiger charge is -2.15. The second kappa shape index (κ2) is 10.5. The highest BCUT2D eigenvalue weighted by atomic mass is 35.5. The van der Waals surface area contributed by atoms with E-state index < -0.39 is 5.97 Å². The maximum absolute atomic E-state index is 12.4. The number of ketones is 1. The molecular formula is C26H24ClN3O4. The van der Waals surface area contributed by atoms with Gasteiger partial charge < -0.3 is 9.64 Å². The SMILES string of the molecule is Cc1nn(Cc2ccccc2)c(Cl)c1/C=C/C(=O)OCC(=O)c1ccc(N2CCCC2=O)cc1. The van der Waals surface area contributed by atoms with Crippen molar-refractivity contribution >= 4 is 41.0 Å². The Bertz CT molecular complexity index is 1230. The van der Waals surface area contributed by atoms with Crippen LogP contribution in [0.5, 0.6) is 0 Å². The van der Waals surface area contributed by atoms with Gasteiger partial charge >= 0.3 is 5.97 Å². The molecule has 7 nitrogen and oxygen atoms in total. The first-order valence-corrected chi connectivity index (χ1v) is 11.4. The number of Topliss-reactive ketones (excluding diaryl/α,β-unsaturated/α-hetero) is 1. The number of hydrogen-bond donors (Lipinski definition) is 0. The number of halogens is 1. The fourth-order valence-corrected chi connectivity index (χ4v) is 4.08. The van der Waals surface area contributed by atoms with E-state index in [0.717, 1.165) is 17.7 Å². The summed E-state index contributed by atoms with van der Waals surface area (Å²) < 4.78 is 6.77. The molecule has 174 valence electrons. The Morgan fingerprint density at radius 3 is 2.53 bits per heavy atom. The van der Waals surface area contributed by atoms with E-state index in [-0.39, 0.29) is 18.3 Å². The molecule has 0 aliphatic carbocycles. The van der Waals surface area contributed by atoms with E-state index in [4.69, 9.17) is 16.3 Å². The second-order valence-corrected chi connectivity index (χ2v) is 8.35. The first kappa shape index (κ1) is 23.4. The first-order chi connectivity index (χ1) is 16.4. The minimum absolute atomic E-state index is 0.0840. The molecule has 1 saturated heterocycles. The van der Waals surface area contributed by atoms with Gasteiger partial charge in [0.05, 0.1) is 12.2 Å². The third-order valence-electron chi connectivity index (χ3n) is 5.59. The molecule has 0 spiro atoms. The number of aryl methyl sites for hydroxylation is 1. The fourth-order valence-electron chi connectivity index (χ4n) is 3.79. The van der Waals surface area contributed by atoms with Gasteiger partial charge in [0.2, 0.25) is 5.91 Å². The molecule has 0 atom stereocenters. The largest absolute Gasteiger partial charge is 0.454 e. The number of nitrogens with zero attached hydrogens (tertiary/aromatic N) is 3. The number of ether oxygens (including phenoxy) is 1. The van der Waals surface area contributed by atoms with Crippen LogP contribution in [0.1, 0.15) is 40.0 Å². The van der Waals surface area contributed by atoms with E-state index in [1.807, 2.05) is 30.3 Å². The number of carbonyl (C=O) groups excluding carboxylic acids is 3. The third kappa shape index (κ3) is 5.43. The number of rotatable bonds is 8. The van der Waals surface area contributed by atoms with E-state index in [2.05, 4.69) is 5.10 Å². The minimum atomic E-state index is -0.654. The fraction of sp³-hybridized carbons (Fsp3) is 0.231. The van der Waals surface area contributed by atoms with Crippen molar-refractivity contribution in [1.82, 2.24) is 9.78 Å². The standard InChI is InChI=1S/C26H24ClN3O4/c1-18-22(26(27)30(28-18)16-19-6-3-2-4-7-19)13-14-25(33)34-17-23(31)20-9-11-21(12-10-20)29-15-5-8-24(29)32/h2-4,6-7,9-14H,5,8,15-17H2,1H3/b14-13+. The van der Waals surface area contributed by atoms with Crippen LogP contribution in [0, 0.1) is 6.92 Å². The summed E-state index contributed by atoms with van der Waals surface area (Å²) in [5.41, 5.74) is 3.53. The molecule has 3 aromatic rings. The highest BCUT2D eigenvalue weighted by molar-refractivity contribution is 6.31. The highest BCUT2D eigenvalue weighted by Crippen LogP contribution is 2.23. The Labute approximate surface area is 202 Å². The zero-order valence-electron chi connectivity index (χ0n) is 18.7. The van der Waals surface area contributed by atoms with Crippen molar-refractivity contribution < 1.29 is 19.1 Å². The van der Waals surface area contributed by atoms with Gasteiger partial charge in [-0.15, -0.1) is 0 Å². The number of esters is 1. The molecule has 1 aliphatic heterocycles. The van der Waals surface area contributed by atoms with Crippen molar-refractivity contribution in [2.75, 3.05) is 18.1 Å². The molecule has 1 aromatic heterocycles. The van der Waals surface area contributed by atoms with Crippen molar-refractivity contribution in [2.45, 2.75) is 26.3 Å². The average molecular weight is 478 g/mol. The molecule has 1 fully saturated rings. The molecule has 0 N–H and O–H groups in total. The number of hydrogen-bond acceptors (Lipinski definition) is 5. The minimum Gasteiger partial charge on any atom is -0.454 e. The van der Waals surface area contributed by atoms with Crippen LogP contribution >= 0.6 is 11.6 Å². The zero-order chi connectivity index (χ0) is 24.1. The lowest BCUT2D eigenvalue weighted by atomic mass is 10.1. The van der Waals surface area contributed by atoms with Gasteiger partial charge in [0, 0.05) is 35.9 Å². The lowest BCUT2D eigenvalue weighted by molar-refractivity contribution is -0.136. The maximum Gasteiger partial charge on any atom is 0.331 e. The highest BCUT2D eigenvalue weighted by Gasteiger charge is 2.21. The number of amides is 1. The van der Waals surface area contributed by atoms with Crippen molar-refractivity contribution in [2.24, 2.45) is 0 Å². The predicted octanol–water partition coefficient (Wildman–Crippen LogP) is 4.46. The number of anilines is 1. The van der Waals surface area contributed by atoms with Crippen LogP contribution in [-0.4, -0.2) is 40.6 Å². The van der Waals surface area contributed by atoms with E-state index >= 15 is 0 Å². The Morgan fingerprint density at radius 1 is 1.12 bits per heavy atom.